The minimum absolute atomic E-state index is 0.0872. The number of anilines is 1. The molecule has 0 aliphatic carbocycles. The van der Waals surface area contributed by atoms with E-state index >= 15 is 0 Å². The van der Waals surface area contributed by atoms with E-state index in [1.807, 2.05) is 0 Å². The van der Waals surface area contributed by atoms with Crippen LogP contribution in [0.1, 0.15) is 11.1 Å². The second kappa shape index (κ2) is 5.92. The average molecular weight is 295 g/mol. The van der Waals surface area contributed by atoms with E-state index in [1.54, 1.807) is 24.3 Å². The van der Waals surface area contributed by atoms with Crippen LogP contribution in [0, 0.1) is 17.1 Å². The largest absolute Gasteiger partial charge is 0.380 e. The van der Waals surface area contributed by atoms with Gasteiger partial charge in [0.05, 0.1) is 16.3 Å². The number of halogens is 3. The van der Waals surface area contributed by atoms with Gasteiger partial charge < -0.3 is 5.32 Å². The lowest BCUT2D eigenvalue weighted by Gasteiger charge is -2.09. The van der Waals surface area contributed by atoms with E-state index in [9.17, 15) is 4.39 Å². The van der Waals surface area contributed by atoms with Crippen LogP contribution in [0.25, 0.3) is 0 Å². The van der Waals surface area contributed by atoms with Gasteiger partial charge in [-0.15, -0.1) is 0 Å². The van der Waals surface area contributed by atoms with Gasteiger partial charge in [-0.3, -0.25) is 0 Å². The summed E-state index contributed by atoms with van der Waals surface area (Å²) in [5, 5.41) is 12.6. The molecule has 0 bridgehead atoms. The fraction of sp³-hybridized carbons (Fsp3) is 0.0714. The van der Waals surface area contributed by atoms with Crippen molar-refractivity contribution >= 4 is 28.9 Å². The molecule has 0 heterocycles. The molecule has 5 heteroatoms. The molecule has 0 fully saturated rings. The number of benzene rings is 2. The first-order valence-corrected chi connectivity index (χ1v) is 6.23. The SMILES string of the molecule is N#Cc1ccc(Cl)cc1NCc1ccc(Cl)c(F)c1. The Kier molecular flexibility index (Phi) is 4.26. The summed E-state index contributed by atoms with van der Waals surface area (Å²) in [5.41, 5.74) is 1.83. The summed E-state index contributed by atoms with van der Waals surface area (Å²) in [7, 11) is 0. The Morgan fingerprint density at radius 2 is 1.95 bits per heavy atom. The molecule has 0 saturated heterocycles. The molecule has 0 saturated carbocycles. The topological polar surface area (TPSA) is 35.8 Å². The molecule has 0 aliphatic heterocycles. The standard InChI is InChI=1S/C14H9Cl2FN2/c15-11-3-2-10(7-18)14(6-11)19-8-9-1-4-12(16)13(17)5-9/h1-6,19H,8H2. The van der Waals surface area contributed by atoms with Gasteiger partial charge in [0.25, 0.3) is 0 Å². The van der Waals surface area contributed by atoms with Crippen molar-refractivity contribution in [3.63, 3.8) is 0 Å². The molecule has 2 nitrogen and oxygen atoms in total. The van der Waals surface area contributed by atoms with Gasteiger partial charge in [-0.2, -0.15) is 5.26 Å². The van der Waals surface area contributed by atoms with Crippen molar-refractivity contribution in [3.05, 3.63) is 63.4 Å². The van der Waals surface area contributed by atoms with E-state index in [1.165, 1.54) is 12.1 Å². The van der Waals surface area contributed by atoms with Crippen molar-refractivity contribution in [2.24, 2.45) is 0 Å². The number of nitriles is 1. The molecule has 0 radical (unpaired) electrons. The van der Waals surface area contributed by atoms with Crippen molar-refractivity contribution in [1.29, 1.82) is 5.26 Å². The number of hydrogen-bond acceptors (Lipinski definition) is 2. The molecule has 0 spiro atoms. The Balaban J connectivity index is 2.16. The molecule has 0 aromatic heterocycles. The Bertz CT molecular complexity index is 650. The summed E-state index contributed by atoms with van der Waals surface area (Å²) in [4.78, 5) is 0. The smallest absolute Gasteiger partial charge is 0.142 e. The lowest BCUT2D eigenvalue weighted by atomic mass is 10.1. The monoisotopic (exact) mass is 294 g/mol. The maximum atomic E-state index is 13.3. The van der Waals surface area contributed by atoms with Gasteiger partial charge in [0, 0.05) is 11.6 Å². The first-order valence-electron chi connectivity index (χ1n) is 5.47. The Morgan fingerprint density at radius 1 is 1.16 bits per heavy atom. The molecule has 0 atom stereocenters. The van der Waals surface area contributed by atoms with E-state index in [0.29, 0.717) is 22.8 Å². The zero-order valence-corrected chi connectivity index (χ0v) is 11.3. The van der Waals surface area contributed by atoms with Crippen molar-refractivity contribution in [2.45, 2.75) is 6.54 Å². The van der Waals surface area contributed by atoms with E-state index in [4.69, 9.17) is 28.5 Å². The number of rotatable bonds is 3. The van der Waals surface area contributed by atoms with Crippen molar-refractivity contribution in [2.75, 3.05) is 5.32 Å². The average Bonchev–Trinajstić information content (AvgIpc) is 2.40. The highest BCUT2D eigenvalue weighted by Crippen LogP contribution is 2.22. The van der Waals surface area contributed by atoms with E-state index in [0.717, 1.165) is 5.56 Å². The van der Waals surface area contributed by atoms with Crippen molar-refractivity contribution in [1.82, 2.24) is 0 Å². The van der Waals surface area contributed by atoms with Crippen LogP contribution in [0.5, 0.6) is 0 Å². The van der Waals surface area contributed by atoms with Gasteiger partial charge in [-0.1, -0.05) is 29.3 Å². The molecule has 96 valence electrons. The highest BCUT2D eigenvalue weighted by Gasteiger charge is 2.04. The highest BCUT2D eigenvalue weighted by atomic mass is 35.5. The van der Waals surface area contributed by atoms with Crippen LogP contribution in [0.4, 0.5) is 10.1 Å². The van der Waals surface area contributed by atoms with E-state index in [-0.39, 0.29) is 5.02 Å². The molecular formula is C14H9Cl2FN2. The summed E-state index contributed by atoms with van der Waals surface area (Å²) in [6.07, 6.45) is 0. The van der Waals surface area contributed by atoms with Crippen molar-refractivity contribution in [3.8, 4) is 6.07 Å². The molecule has 0 aliphatic rings. The normalized spacial score (nSPS) is 10.0. The minimum Gasteiger partial charge on any atom is -0.380 e. The van der Waals surface area contributed by atoms with Gasteiger partial charge in [0.1, 0.15) is 11.9 Å². The highest BCUT2D eigenvalue weighted by molar-refractivity contribution is 6.31. The van der Waals surface area contributed by atoms with Gasteiger partial charge in [-0.05, 0) is 35.9 Å². The van der Waals surface area contributed by atoms with Gasteiger partial charge >= 0.3 is 0 Å². The minimum atomic E-state index is -0.465. The number of nitrogens with one attached hydrogen (secondary N) is 1. The predicted octanol–water partition coefficient (Wildman–Crippen LogP) is 4.62. The third kappa shape index (κ3) is 3.37. The van der Waals surface area contributed by atoms with Crippen LogP contribution in [0.2, 0.25) is 10.0 Å². The maximum absolute atomic E-state index is 13.3. The van der Waals surface area contributed by atoms with Crippen LogP contribution >= 0.6 is 23.2 Å². The summed E-state index contributed by atoms with van der Waals surface area (Å²) < 4.78 is 13.3. The van der Waals surface area contributed by atoms with E-state index in [2.05, 4.69) is 11.4 Å². The molecule has 2 rings (SSSR count). The Morgan fingerprint density at radius 3 is 2.63 bits per heavy atom. The molecule has 2 aromatic carbocycles. The number of nitrogens with zero attached hydrogens (tertiary/aromatic N) is 1. The van der Waals surface area contributed by atoms with Crippen LogP contribution in [-0.4, -0.2) is 0 Å². The van der Waals surface area contributed by atoms with Crippen LogP contribution in [0.3, 0.4) is 0 Å². The third-order valence-electron chi connectivity index (χ3n) is 2.57. The quantitative estimate of drug-likeness (QED) is 0.897. The van der Waals surface area contributed by atoms with Crippen molar-refractivity contribution < 1.29 is 4.39 Å². The van der Waals surface area contributed by atoms with Crippen LogP contribution in [-0.2, 0) is 6.54 Å². The molecule has 2 aromatic rings. The number of hydrogen-bond donors (Lipinski definition) is 1. The third-order valence-corrected chi connectivity index (χ3v) is 3.11. The summed E-state index contributed by atoms with van der Waals surface area (Å²) in [6.45, 7) is 0.378. The van der Waals surface area contributed by atoms with Gasteiger partial charge in [0.2, 0.25) is 0 Å². The fourth-order valence-electron chi connectivity index (χ4n) is 1.61. The first kappa shape index (κ1) is 13.7. The lowest BCUT2D eigenvalue weighted by Crippen LogP contribution is -2.01. The maximum Gasteiger partial charge on any atom is 0.142 e. The van der Waals surface area contributed by atoms with Gasteiger partial charge in [-0.25, -0.2) is 4.39 Å². The molecule has 0 amide bonds. The van der Waals surface area contributed by atoms with E-state index < -0.39 is 5.82 Å². The molecular weight excluding hydrogens is 286 g/mol. The zero-order chi connectivity index (χ0) is 13.8. The Labute approximate surface area is 120 Å². The molecule has 1 N–H and O–H groups in total. The fourth-order valence-corrected chi connectivity index (χ4v) is 1.90. The molecule has 19 heavy (non-hydrogen) atoms. The zero-order valence-electron chi connectivity index (χ0n) is 9.75. The molecule has 0 unspecified atom stereocenters. The Hall–Kier alpha value is -1.76. The first-order chi connectivity index (χ1) is 9.10. The summed E-state index contributed by atoms with van der Waals surface area (Å²) in [6, 6.07) is 11.6. The predicted molar refractivity (Wildman–Crippen MR) is 74.9 cm³/mol. The second-order valence-corrected chi connectivity index (χ2v) is 4.75. The van der Waals surface area contributed by atoms with Crippen LogP contribution < -0.4 is 5.32 Å². The summed E-state index contributed by atoms with van der Waals surface area (Å²) in [5.74, 6) is -0.465. The lowest BCUT2D eigenvalue weighted by molar-refractivity contribution is 0.626. The van der Waals surface area contributed by atoms with Gasteiger partial charge in [0.15, 0.2) is 0 Å². The van der Waals surface area contributed by atoms with Crippen LogP contribution in [0.15, 0.2) is 36.4 Å². The second-order valence-electron chi connectivity index (χ2n) is 3.90. The summed E-state index contributed by atoms with van der Waals surface area (Å²) >= 11 is 11.5.